The summed E-state index contributed by atoms with van der Waals surface area (Å²) in [5.41, 5.74) is 1.31. The van der Waals surface area contributed by atoms with Crippen molar-refractivity contribution in [3.8, 4) is 5.88 Å². The van der Waals surface area contributed by atoms with Crippen molar-refractivity contribution in [3.05, 3.63) is 48.3 Å². The van der Waals surface area contributed by atoms with Crippen LogP contribution in [0.3, 0.4) is 0 Å². The van der Waals surface area contributed by atoms with E-state index in [-0.39, 0.29) is 6.10 Å². The van der Waals surface area contributed by atoms with Gasteiger partial charge in [0.15, 0.2) is 0 Å². The molecule has 4 heteroatoms. The van der Waals surface area contributed by atoms with Crippen LogP contribution in [0.15, 0.2) is 42.7 Å². The van der Waals surface area contributed by atoms with Gasteiger partial charge < -0.3 is 10.1 Å². The number of hydrogen-bond acceptors (Lipinski definition) is 4. The minimum atomic E-state index is 0.111. The Morgan fingerprint density at radius 3 is 2.55 bits per heavy atom. The standard InChI is InChI=1S/C16H21N3O/c1-12(2)20-16-10-15(17-11-18-16)19-13(3)9-14-7-5-4-6-8-14/h4-8,10-13H,9H2,1-3H3,(H,17,18,19). The van der Waals surface area contributed by atoms with E-state index in [2.05, 4.69) is 46.5 Å². The van der Waals surface area contributed by atoms with E-state index in [1.54, 1.807) is 0 Å². The SMILES string of the molecule is CC(Cc1ccccc1)Nc1cc(OC(C)C)ncn1. The van der Waals surface area contributed by atoms with Crippen LogP contribution in [-0.4, -0.2) is 22.1 Å². The minimum Gasteiger partial charge on any atom is -0.475 e. The van der Waals surface area contributed by atoms with Crippen molar-refractivity contribution in [1.82, 2.24) is 9.97 Å². The van der Waals surface area contributed by atoms with E-state index in [9.17, 15) is 0 Å². The first kappa shape index (κ1) is 14.3. The summed E-state index contributed by atoms with van der Waals surface area (Å²) in [7, 11) is 0. The molecule has 0 saturated carbocycles. The molecular formula is C16H21N3O. The van der Waals surface area contributed by atoms with Crippen LogP contribution in [0.1, 0.15) is 26.3 Å². The van der Waals surface area contributed by atoms with Crippen LogP contribution in [0.4, 0.5) is 5.82 Å². The van der Waals surface area contributed by atoms with Crippen molar-refractivity contribution in [2.45, 2.75) is 39.3 Å². The third kappa shape index (κ3) is 4.53. The maximum atomic E-state index is 5.56. The summed E-state index contributed by atoms with van der Waals surface area (Å²) in [6.45, 7) is 6.10. The molecule has 1 aromatic carbocycles. The summed E-state index contributed by atoms with van der Waals surface area (Å²) in [6.07, 6.45) is 2.58. The van der Waals surface area contributed by atoms with E-state index >= 15 is 0 Å². The van der Waals surface area contributed by atoms with E-state index in [1.807, 2.05) is 26.0 Å². The summed E-state index contributed by atoms with van der Waals surface area (Å²) < 4.78 is 5.56. The molecule has 1 aromatic heterocycles. The fourth-order valence-electron chi connectivity index (χ4n) is 2.00. The summed E-state index contributed by atoms with van der Waals surface area (Å²) in [6, 6.07) is 12.5. The fraction of sp³-hybridized carbons (Fsp3) is 0.375. The van der Waals surface area contributed by atoms with Gasteiger partial charge in [0, 0.05) is 12.1 Å². The van der Waals surface area contributed by atoms with Gasteiger partial charge in [-0.2, -0.15) is 0 Å². The summed E-state index contributed by atoms with van der Waals surface area (Å²) >= 11 is 0. The van der Waals surface area contributed by atoms with Crippen LogP contribution < -0.4 is 10.1 Å². The lowest BCUT2D eigenvalue weighted by atomic mass is 10.1. The second-order valence-electron chi connectivity index (χ2n) is 5.14. The lowest BCUT2D eigenvalue weighted by Crippen LogP contribution is -2.19. The molecule has 1 unspecified atom stereocenters. The molecule has 0 aliphatic carbocycles. The maximum Gasteiger partial charge on any atom is 0.218 e. The molecule has 106 valence electrons. The molecule has 0 spiro atoms. The number of ether oxygens (including phenoxy) is 1. The highest BCUT2D eigenvalue weighted by Crippen LogP contribution is 2.14. The highest BCUT2D eigenvalue weighted by atomic mass is 16.5. The Morgan fingerprint density at radius 2 is 1.85 bits per heavy atom. The summed E-state index contributed by atoms with van der Waals surface area (Å²) in [5, 5.41) is 3.37. The average molecular weight is 271 g/mol. The normalized spacial score (nSPS) is 12.2. The Bertz CT molecular complexity index is 528. The van der Waals surface area contributed by atoms with Gasteiger partial charge in [-0.05, 0) is 32.8 Å². The third-order valence-corrected chi connectivity index (χ3v) is 2.78. The quantitative estimate of drug-likeness (QED) is 0.875. The first-order valence-corrected chi connectivity index (χ1v) is 6.92. The van der Waals surface area contributed by atoms with E-state index in [4.69, 9.17) is 4.74 Å². The molecule has 2 aromatic rings. The minimum absolute atomic E-state index is 0.111. The Morgan fingerprint density at radius 1 is 1.10 bits per heavy atom. The lowest BCUT2D eigenvalue weighted by Gasteiger charge is -2.15. The monoisotopic (exact) mass is 271 g/mol. The van der Waals surface area contributed by atoms with Crippen LogP contribution in [-0.2, 0) is 6.42 Å². The predicted molar refractivity (Wildman–Crippen MR) is 81.0 cm³/mol. The number of aromatic nitrogens is 2. The van der Waals surface area contributed by atoms with Crippen LogP contribution in [0.25, 0.3) is 0 Å². The topological polar surface area (TPSA) is 47.0 Å². The molecule has 0 aliphatic rings. The molecule has 0 radical (unpaired) electrons. The van der Waals surface area contributed by atoms with Gasteiger partial charge in [0.1, 0.15) is 12.1 Å². The van der Waals surface area contributed by atoms with Crippen molar-refractivity contribution in [1.29, 1.82) is 0 Å². The van der Waals surface area contributed by atoms with Gasteiger partial charge in [-0.3, -0.25) is 0 Å². The van der Waals surface area contributed by atoms with E-state index in [0.29, 0.717) is 11.9 Å². The third-order valence-electron chi connectivity index (χ3n) is 2.78. The molecule has 1 atom stereocenters. The molecule has 0 saturated heterocycles. The molecule has 4 nitrogen and oxygen atoms in total. The van der Waals surface area contributed by atoms with Crippen molar-refractivity contribution in [3.63, 3.8) is 0 Å². The number of benzene rings is 1. The fourth-order valence-corrected chi connectivity index (χ4v) is 2.00. The van der Waals surface area contributed by atoms with E-state index in [0.717, 1.165) is 12.2 Å². The van der Waals surface area contributed by atoms with E-state index in [1.165, 1.54) is 11.9 Å². The molecule has 2 rings (SSSR count). The average Bonchev–Trinajstić information content (AvgIpc) is 2.39. The smallest absolute Gasteiger partial charge is 0.218 e. The highest BCUT2D eigenvalue weighted by molar-refractivity contribution is 5.38. The Hall–Kier alpha value is -2.10. The van der Waals surface area contributed by atoms with Crippen LogP contribution in [0.2, 0.25) is 0 Å². The van der Waals surface area contributed by atoms with Gasteiger partial charge in [-0.15, -0.1) is 0 Å². The molecule has 0 fully saturated rings. The van der Waals surface area contributed by atoms with Crippen molar-refractivity contribution in [2.24, 2.45) is 0 Å². The summed E-state index contributed by atoms with van der Waals surface area (Å²) in [5.74, 6) is 1.39. The van der Waals surface area contributed by atoms with Gasteiger partial charge in [-0.25, -0.2) is 9.97 Å². The van der Waals surface area contributed by atoms with Crippen molar-refractivity contribution in [2.75, 3.05) is 5.32 Å². The first-order chi connectivity index (χ1) is 9.63. The molecule has 1 heterocycles. The van der Waals surface area contributed by atoms with E-state index < -0.39 is 0 Å². The van der Waals surface area contributed by atoms with Crippen LogP contribution in [0, 0.1) is 0 Å². The number of anilines is 1. The van der Waals surface area contributed by atoms with Gasteiger partial charge >= 0.3 is 0 Å². The van der Waals surface area contributed by atoms with Crippen LogP contribution >= 0.6 is 0 Å². The highest BCUT2D eigenvalue weighted by Gasteiger charge is 2.06. The number of hydrogen-bond donors (Lipinski definition) is 1. The number of nitrogens with zero attached hydrogens (tertiary/aromatic N) is 2. The number of nitrogens with one attached hydrogen (secondary N) is 1. The van der Waals surface area contributed by atoms with Gasteiger partial charge in [0.05, 0.1) is 6.10 Å². The predicted octanol–water partition coefficient (Wildman–Crippen LogP) is 3.31. The molecule has 0 bridgehead atoms. The van der Waals surface area contributed by atoms with Crippen molar-refractivity contribution >= 4 is 5.82 Å². The lowest BCUT2D eigenvalue weighted by molar-refractivity contribution is 0.232. The Balaban J connectivity index is 1.95. The van der Waals surface area contributed by atoms with Crippen LogP contribution in [0.5, 0.6) is 5.88 Å². The maximum absolute atomic E-state index is 5.56. The molecule has 0 aliphatic heterocycles. The Kier molecular flexibility index (Phi) is 4.93. The second kappa shape index (κ2) is 6.89. The zero-order valence-corrected chi connectivity index (χ0v) is 12.2. The van der Waals surface area contributed by atoms with Crippen molar-refractivity contribution < 1.29 is 4.74 Å². The van der Waals surface area contributed by atoms with Gasteiger partial charge in [0.25, 0.3) is 0 Å². The zero-order chi connectivity index (χ0) is 14.4. The zero-order valence-electron chi connectivity index (χ0n) is 12.2. The van der Waals surface area contributed by atoms with Gasteiger partial charge in [0.2, 0.25) is 5.88 Å². The largest absolute Gasteiger partial charge is 0.475 e. The second-order valence-corrected chi connectivity index (χ2v) is 5.14. The number of rotatable bonds is 6. The van der Waals surface area contributed by atoms with Gasteiger partial charge in [-0.1, -0.05) is 30.3 Å². The Labute approximate surface area is 120 Å². The summed E-state index contributed by atoms with van der Waals surface area (Å²) in [4.78, 5) is 8.32. The molecular weight excluding hydrogens is 250 g/mol. The molecule has 1 N–H and O–H groups in total. The molecule has 0 amide bonds. The molecule has 20 heavy (non-hydrogen) atoms. The first-order valence-electron chi connectivity index (χ1n) is 6.92.